The van der Waals surface area contributed by atoms with Crippen LogP contribution in [0.4, 0.5) is 10.5 Å². The molecular weight excluding hydrogens is 472 g/mol. The molecule has 0 aliphatic carbocycles. The number of aromatic amines is 1. The summed E-state index contributed by atoms with van der Waals surface area (Å²) in [6.45, 7) is 3.55. The summed E-state index contributed by atoms with van der Waals surface area (Å²) in [5, 5.41) is 16.0. The molecule has 1 atom stereocenters. The van der Waals surface area contributed by atoms with Crippen LogP contribution in [0.15, 0.2) is 77.6 Å². The van der Waals surface area contributed by atoms with Crippen molar-refractivity contribution in [1.82, 2.24) is 15.1 Å². The highest BCUT2D eigenvalue weighted by atomic mass is 16.6. The molecule has 3 N–H and O–H groups in total. The fourth-order valence-electron chi connectivity index (χ4n) is 4.23. The van der Waals surface area contributed by atoms with E-state index in [1.165, 1.54) is 0 Å². The number of carbonyl (C=O) groups is 2. The number of ether oxygens (including phenoxy) is 1. The standard InChI is InChI=1S/C28H24N4O5/c1-16-24(31-28(35)36-17(2)18-6-4-3-5-7-18)27(37-32-16)20-10-8-19(9-11-20)22-13-12-21(14-23(33)34)25-26(22)30-15-29-25/h3-13,15,17H,14H2,1-2H3,(H,29,30)(H,31,35)(H,33,34). The zero-order valence-corrected chi connectivity index (χ0v) is 20.2. The van der Waals surface area contributed by atoms with Crippen molar-refractivity contribution in [3.8, 4) is 22.5 Å². The van der Waals surface area contributed by atoms with E-state index in [9.17, 15) is 14.7 Å². The molecule has 0 saturated carbocycles. The quantitative estimate of drug-likeness (QED) is 0.247. The van der Waals surface area contributed by atoms with Gasteiger partial charge in [-0.15, -0.1) is 0 Å². The number of benzene rings is 3. The Morgan fingerprint density at radius 1 is 1.05 bits per heavy atom. The first-order valence-corrected chi connectivity index (χ1v) is 11.7. The second-order valence-corrected chi connectivity index (χ2v) is 8.60. The number of anilines is 1. The maximum atomic E-state index is 12.6. The Kier molecular flexibility index (Phi) is 6.42. The average molecular weight is 497 g/mol. The van der Waals surface area contributed by atoms with Crippen molar-refractivity contribution in [1.29, 1.82) is 0 Å². The topological polar surface area (TPSA) is 130 Å². The van der Waals surface area contributed by atoms with Crippen molar-refractivity contribution in [2.75, 3.05) is 5.32 Å². The van der Waals surface area contributed by atoms with Crippen LogP contribution in [0, 0.1) is 6.92 Å². The van der Waals surface area contributed by atoms with E-state index < -0.39 is 18.2 Å². The highest BCUT2D eigenvalue weighted by molar-refractivity contribution is 5.96. The molecular formula is C28H24N4O5. The highest BCUT2D eigenvalue weighted by Crippen LogP contribution is 2.34. The average Bonchev–Trinajstić information content (AvgIpc) is 3.52. The number of amides is 1. The minimum atomic E-state index is -0.911. The molecule has 0 saturated heterocycles. The van der Waals surface area contributed by atoms with Crippen molar-refractivity contribution >= 4 is 28.8 Å². The molecule has 0 bridgehead atoms. The minimum absolute atomic E-state index is 0.103. The summed E-state index contributed by atoms with van der Waals surface area (Å²) in [5.74, 6) is -0.497. The van der Waals surface area contributed by atoms with E-state index in [4.69, 9.17) is 9.26 Å². The van der Waals surface area contributed by atoms with E-state index in [1.54, 1.807) is 26.2 Å². The van der Waals surface area contributed by atoms with Crippen molar-refractivity contribution < 1.29 is 24.0 Å². The number of imidazole rings is 1. The van der Waals surface area contributed by atoms with Crippen LogP contribution in [-0.2, 0) is 16.0 Å². The monoisotopic (exact) mass is 496 g/mol. The van der Waals surface area contributed by atoms with Gasteiger partial charge in [-0.2, -0.15) is 0 Å². The van der Waals surface area contributed by atoms with Crippen LogP contribution >= 0.6 is 0 Å². The largest absolute Gasteiger partial charge is 0.481 e. The number of nitrogens with zero attached hydrogens (tertiary/aromatic N) is 2. The Morgan fingerprint density at radius 3 is 2.51 bits per heavy atom. The van der Waals surface area contributed by atoms with Gasteiger partial charge in [0.15, 0.2) is 5.76 Å². The van der Waals surface area contributed by atoms with Gasteiger partial charge in [0.1, 0.15) is 17.5 Å². The third-order valence-corrected chi connectivity index (χ3v) is 6.11. The number of carbonyl (C=O) groups excluding carboxylic acids is 1. The van der Waals surface area contributed by atoms with Gasteiger partial charge in [-0.05, 0) is 30.5 Å². The zero-order valence-electron chi connectivity index (χ0n) is 20.2. The Labute approximate surface area is 212 Å². The van der Waals surface area contributed by atoms with Gasteiger partial charge in [-0.3, -0.25) is 10.1 Å². The number of aryl methyl sites for hydroxylation is 1. The Morgan fingerprint density at radius 2 is 1.78 bits per heavy atom. The number of H-pyrrole nitrogens is 1. The fourth-order valence-corrected chi connectivity index (χ4v) is 4.23. The van der Waals surface area contributed by atoms with Gasteiger partial charge in [0, 0.05) is 11.1 Å². The normalized spacial score (nSPS) is 11.8. The maximum absolute atomic E-state index is 12.6. The van der Waals surface area contributed by atoms with Gasteiger partial charge in [0.2, 0.25) is 0 Å². The molecule has 9 nitrogen and oxygen atoms in total. The summed E-state index contributed by atoms with van der Waals surface area (Å²) in [7, 11) is 0. The SMILES string of the molecule is Cc1noc(-c2ccc(-c3ccc(CC(=O)O)c4nc[nH]c34)cc2)c1NC(=O)OC(C)c1ccccc1. The number of carboxylic acids is 1. The molecule has 0 fully saturated rings. The number of hydrogen-bond donors (Lipinski definition) is 3. The number of hydrogen-bond acceptors (Lipinski definition) is 6. The summed E-state index contributed by atoms with van der Waals surface area (Å²) < 4.78 is 11.1. The highest BCUT2D eigenvalue weighted by Gasteiger charge is 2.20. The number of fused-ring (bicyclic) bond motifs is 1. The van der Waals surface area contributed by atoms with Gasteiger partial charge < -0.3 is 19.4 Å². The molecule has 3 aromatic carbocycles. The van der Waals surface area contributed by atoms with Crippen LogP contribution in [0.25, 0.3) is 33.5 Å². The lowest BCUT2D eigenvalue weighted by Crippen LogP contribution is -2.16. The van der Waals surface area contributed by atoms with Crippen LogP contribution < -0.4 is 5.32 Å². The lowest BCUT2D eigenvalue weighted by Gasteiger charge is -2.14. The first kappa shape index (κ1) is 23.8. The van der Waals surface area contributed by atoms with E-state index in [2.05, 4.69) is 20.4 Å². The summed E-state index contributed by atoms with van der Waals surface area (Å²) in [6, 6.07) is 20.7. The Balaban J connectivity index is 1.37. The minimum Gasteiger partial charge on any atom is -0.481 e. The van der Waals surface area contributed by atoms with Crippen LogP contribution in [0.1, 0.15) is 29.8 Å². The molecule has 0 aliphatic rings. The van der Waals surface area contributed by atoms with E-state index in [-0.39, 0.29) is 6.42 Å². The molecule has 2 heterocycles. The molecule has 186 valence electrons. The molecule has 0 spiro atoms. The first-order chi connectivity index (χ1) is 17.9. The smallest absolute Gasteiger partial charge is 0.412 e. The van der Waals surface area contributed by atoms with Crippen molar-refractivity contribution in [3.63, 3.8) is 0 Å². The third kappa shape index (κ3) is 4.92. The second kappa shape index (κ2) is 9.98. The van der Waals surface area contributed by atoms with Gasteiger partial charge in [-0.25, -0.2) is 9.78 Å². The van der Waals surface area contributed by atoms with Crippen LogP contribution in [0.3, 0.4) is 0 Å². The van der Waals surface area contributed by atoms with Crippen molar-refractivity contribution in [3.05, 3.63) is 89.9 Å². The number of aromatic nitrogens is 3. The predicted molar refractivity (Wildman–Crippen MR) is 138 cm³/mol. The van der Waals surface area contributed by atoms with Gasteiger partial charge in [0.25, 0.3) is 0 Å². The van der Waals surface area contributed by atoms with Gasteiger partial charge >= 0.3 is 12.1 Å². The summed E-state index contributed by atoms with van der Waals surface area (Å²) in [4.78, 5) is 31.2. The lowest BCUT2D eigenvalue weighted by atomic mass is 9.98. The number of nitrogens with one attached hydrogen (secondary N) is 2. The molecule has 2 aromatic heterocycles. The maximum Gasteiger partial charge on any atom is 0.412 e. The van der Waals surface area contributed by atoms with Crippen LogP contribution in [-0.4, -0.2) is 32.3 Å². The van der Waals surface area contributed by atoms with Crippen molar-refractivity contribution in [2.45, 2.75) is 26.4 Å². The molecule has 0 radical (unpaired) electrons. The summed E-state index contributed by atoms with van der Waals surface area (Å²) >= 11 is 0. The van der Waals surface area contributed by atoms with Gasteiger partial charge in [0.05, 0.1) is 23.8 Å². The van der Waals surface area contributed by atoms with E-state index in [0.717, 1.165) is 27.8 Å². The van der Waals surface area contributed by atoms with E-state index in [0.29, 0.717) is 28.2 Å². The van der Waals surface area contributed by atoms with Crippen LogP contribution in [0.5, 0.6) is 0 Å². The molecule has 0 aliphatic heterocycles. The summed E-state index contributed by atoms with van der Waals surface area (Å²) in [6.07, 6.45) is 0.420. The van der Waals surface area contributed by atoms with E-state index >= 15 is 0 Å². The summed E-state index contributed by atoms with van der Waals surface area (Å²) in [5.41, 5.74) is 6.40. The number of aliphatic carboxylic acids is 1. The molecule has 1 unspecified atom stereocenters. The fraction of sp³-hybridized carbons (Fsp3) is 0.143. The molecule has 5 rings (SSSR count). The molecule has 1 amide bonds. The zero-order chi connectivity index (χ0) is 25.9. The third-order valence-electron chi connectivity index (χ3n) is 6.11. The second-order valence-electron chi connectivity index (χ2n) is 8.60. The van der Waals surface area contributed by atoms with Gasteiger partial charge in [-0.1, -0.05) is 71.9 Å². The lowest BCUT2D eigenvalue weighted by molar-refractivity contribution is -0.136. The first-order valence-electron chi connectivity index (χ1n) is 11.7. The molecule has 9 heteroatoms. The Bertz CT molecular complexity index is 1570. The van der Waals surface area contributed by atoms with Crippen LogP contribution in [0.2, 0.25) is 0 Å². The Hall–Kier alpha value is -4.92. The number of carboxylic acid groups (broad SMARTS) is 1. The number of rotatable bonds is 7. The molecule has 5 aromatic rings. The van der Waals surface area contributed by atoms with Crippen molar-refractivity contribution in [2.24, 2.45) is 0 Å². The predicted octanol–water partition coefficient (Wildman–Crippen LogP) is 6.13. The van der Waals surface area contributed by atoms with E-state index in [1.807, 2.05) is 60.7 Å². The molecule has 37 heavy (non-hydrogen) atoms.